The molecule has 17 heavy (non-hydrogen) atoms. The molecule has 1 saturated heterocycles. The number of benzene rings is 1. The molecule has 0 saturated carbocycles. The number of carbonyl (C=O) groups is 1. The molecule has 0 aliphatic carbocycles. The van der Waals surface area contributed by atoms with Gasteiger partial charge in [-0.2, -0.15) is 0 Å². The van der Waals surface area contributed by atoms with Crippen LogP contribution in [-0.4, -0.2) is 42.2 Å². The summed E-state index contributed by atoms with van der Waals surface area (Å²) in [7, 11) is 0. The number of rotatable bonds is 3. The Hall–Kier alpha value is -1.39. The van der Waals surface area contributed by atoms with E-state index in [1.807, 2.05) is 12.1 Å². The zero-order valence-corrected chi connectivity index (χ0v) is 10.0. The SMILES string of the molecule is C[C@H](c1ccc(C(=O)O)cc1)N1CCNCC1. The fraction of sp³-hybridized carbons (Fsp3) is 0.462. The molecule has 0 bridgehead atoms. The summed E-state index contributed by atoms with van der Waals surface area (Å²) in [4.78, 5) is 13.2. The topological polar surface area (TPSA) is 52.6 Å². The van der Waals surface area contributed by atoms with Gasteiger partial charge in [0.15, 0.2) is 0 Å². The zero-order chi connectivity index (χ0) is 12.3. The highest BCUT2D eigenvalue weighted by atomic mass is 16.4. The first-order valence-corrected chi connectivity index (χ1v) is 5.96. The van der Waals surface area contributed by atoms with Crippen molar-refractivity contribution in [1.29, 1.82) is 0 Å². The Kier molecular flexibility index (Phi) is 3.76. The van der Waals surface area contributed by atoms with Gasteiger partial charge in [0.1, 0.15) is 0 Å². The van der Waals surface area contributed by atoms with E-state index >= 15 is 0 Å². The Morgan fingerprint density at radius 1 is 1.29 bits per heavy atom. The van der Waals surface area contributed by atoms with Crippen molar-refractivity contribution in [2.75, 3.05) is 26.2 Å². The van der Waals surface area contributed by atoms with Crippen molar-refractivity contribution in [2.45, 2.75) is 13.0 Å². The average molecular weight is 234 g/mol. The molecule has 2 rings (SSSR count). The van der Waals surface area contributed by atoms with Crippen LogP contribution in [0.1, 0.15) is 28.9 Å². The van der Waals surface area contributed by atoms with E-state index in [1.54, 1.807) is 12.1 Å². The van der Waals surface area contributed by atoms with Crippen molar-refractivity contribution in [2.24, 2.45) is 0 Å². The van der Waals surface area contributed by atoms with Crippen LogP contribution in [0.3, 0.4) is 0 Å². The molecule has 0 aromatic heterocycles. The Balaban J connectivity index is 2.07. The van der Waals surface area contributed by atoms with Gasteiger partial charge in [-0.05, 0) is 24.6 Å². The Morgan fingerprint density at radius 2 is 1.88 bits per heavy atom. The summed E-state index contributed by atoms with van der Waals surface area (Å²) in [5.41, 5.74) is 1.53. The minimum absolute atomic E-state index is 0.347. The number of carboxylic acid groups (broad SMARTS) is 1. The van der Waals surface area contributed by atoms with Gasteiger partial charge in [0.05, 0.1) is 5.56 Å². The average Bonchev–Trinajstić information content (AvgIpc) is 2.39. The largest absolute Gasteiger partial charge is 0.478 e. The van der Waals surface area contributed by atoms with Crippen molar-refractivity contribution in [3.8, 4) is 0 Å². The first-order valence-electron chi connectivity index (χ1n) is 5.96. The summed E-state index contributed by atoms with van der Waals surface area (Å²) in [5.74, 6) is -0.869. The fourth-order valence-electron chi connectivity index (χ4n) is 2.18. The first kappa shape index (κ1) is 12.1. The highest BCUT2D eigenvalue weighted by Gasteiger charge is 2.17. The van der Waals surface area contributed by atoms with E-state index in [4.69, 9.17) is 5.11 Å². The van der Waals surface area contributed by atoms with Crippen LogP contribution in [0.2, 0.25) is 0 Å². The van der Waals surface area contributed by atoms with Crippen LogP contribution in [0.4, 0.5) is 0 Å². The number of hydrogen-bond donors (Lipinski definition) is 2. The summed E-state index contributed by atoms with van der Waals surface area (Å²) in [5, 5.41) is 12.2. The molecule has 1 aromatic rings. The van der Waals surface area contributed by atoms with Crippen molar-refractivity contribution >= 4 is 5.97 Å². The van der Waals surface area contributed by atoms with Gasteiger partial charge in [-0.1, -0.05) is 12.1 Å². The van der Waals surface area contributed by atoms with Gasteiger partial charge in [-0.3, -0.25) is 4.90 Å². The molecule has 1 aliphatic heterocycles. The molecule has 1 aliphatic rings. The Morgan fingerprint density at radius 3 is 2.41 bits per heavy atom. The first-order chi connectivity index (χ1) is 8.18. The minimum atomic E-state index is -0.869. The highest BCUT2D eigenvalue weighted by molar-refractivity contribution is 5.87. The van der Waals surface area contributed by atoms with Crippen LogP contribution in [-0.2, 0) is 0 Å². The normalized spacial score (nSPS) is 18.9. The van der Waals surface area contributed by atoms with Gasteiger partial charge in [0, 0.05) is 32.2 Å². The maximum Gasteiger partial charge on any atom is 0.335 e. The lowest BCUT2D eigenvalue weighted by molar-refractivity contribution is 0.0697. The maximum absolute atomic E-state index is 10.8. The van der Waals surface area contributed by atoms with E-state index in [2.05, 4.69) is 17.1 Å². The molecule has 0 spiro atoms. The third-order valence-electron chi connectivity index (χ3n) is 3.34. The number of nitrogens with zero attached hydrogens (tertiary/aromatic N) is 1. The lowest BCUT2D eigenvalue weighted by atomic mass is 10.0. The molecule has 1 heterocycles. The van der Waals surface area contributed by atoms with Crippen molar-refractivity contribution in [3.63, 3.8) is 0 Å². The van der Waals surface area contributed by atoms with Gasteiger partial charge in [-0.15, -0.1) is 0 Å². The second-order valence-electron chi connectivity index (χ2n) is 4.39. The molecule has 0 radical (unpaired) electrons. The Bertz CT molecular complexity index is 383. The van der Waals surface area contributed by atoms with Crippen LogP contribution in [0.15, 0.2) is 24.3 Å². The Labute approximate surface area is 101 Å². The molecular formula is C13H18N2O2. The van der Waals surface area contributed by atoms with Crippen molar-refractivity contribution < 1.29 is 9.90 Å². The number of carboxylic acids is 1. The third-order valence-corrected chi connectivity index (χ3v) is 3.34. The fourth-order valence-corrected chi connectivity index (χ4v) is 2.18. The summed E-state index contributed by atoms with van der Waals surface area (Å²) in [6.45, 7) is 6.31. The number of piperazine rings is 1. The summed E-state index contributed by atoms with van der Waals surface area (Å²) < 4.78 is 0. The number of hydrogen-bond acceptors (Lipinski definition) is 3. The molecule has 2 N–H and O–H groups in total. The van der Waals surface area contributed by atoms with Gasteiger partial charge in [-0.25, -0.2) is 4.79 Å². The molecule has 4 heteroatoms. The van der Waals surface area contributed by atoms with Crippen LogP contribution in [0.5, 0.6) is 0 Å². The zero-order valence-electron chi connectivity index (χ0n) is 10.0. The number of aromatic carboxylic acids is 1. The monoisotopic (exact) mass is 234 g/mol. The van der Waals surface area contributed by atoms with Gasteiger partial charge < -0.3 is 10.4 Å². The molecule has 0 unspecified atom stereocenters. The van der Waals surface area contributed by atoms with Crippen LogP contribution in [0, 0.1) is 0 Å². The molecular weight excluding hydrogens is 216 g/mol. The summed E-state index contributed by atoms with van der Waals surface area (Å²) >= 11 is 0. The lowest BCUT2D eigenvalue weighted by Gasteiger charge is -2.33. The van der Waals surface area contributed by atoms with Crippen molar-refractivity contribution in [3.05, 3.63) is 35.4 Å². The smallest absolute Gasteiger partial charge is 0.335 e. The van der Waals surface area contributed by atoms with E-state index in [0.29, 0.717) is 11.6 Å². The minimum Gasteiger partial charge on any atom is -0.478 e. The molecule has 1 fully saturated rings. The standard InChI is InChI=1S/C13H18N2O2/c1-10(15-8-6-14-7-9-15)11-2-4-12(5-3-11)13(16)17/h2-5,10,14H,6-9H2,1H3,(H,16,17)/t10-/m1/s1. The summed E-state index contributed by atoms with van der Waals surface area (Å²) in [6.07, 6.45) is 0. The van der Waals surface area contributed by atoms with Crippen LogP contribution < -0.4 is 5.32 Å². The highest BCUT2D eigenvalue weighted by Crippen LogP contribution is 2.20. The molecule has 1 atom stereocenters. The third kappa shape index (κ3) is 2.84. The van der Waals surface area contributed by atoms with Gasteiger partial charge in [0.2, 0.25) is 0 Å². The summed E-state index contributed by atoms with van der Waals surface area (Å²) in [6, 6.07) is 7.53. The molecule has 92 valence electrons. The predicted octanol–water partition coefficient (Wildman–Crippen LogP) is 1.35. The lowest BCUT2D eigenvalue weighted by Crippen LogP contribution is -2.44. The van der Waals surface area contributed by atoms with Gasteiger partial charge >= 0.3 is 5.97 Å². The molecule has 4 nitrogen and oxygen atoms in total. The van der Waals surface area contributed by atoms with E-state index < -0.39 is 5.97 Å². The van der Waals surface area contributed by atoms with E-state index in [0.717, 1.165) is 26.2 Å². The van der Waals surface area contributed by atoms with Crippen LogP contribution in [0.25, 0.3) is 0 Å². The van der Waals surface area contributed by atoms with Crippen molar-refractivity contribution in [1.82, 2.24) is 10.2 Å². The molecule has 1 aromatic carbocycles. The van der Waals surface area contributed by atoms with E-state index in [1.165, 1.54) is 5.56 Å². The molecule has 0 amide bonds. The van der Waals surface area contributed by atoms with Crippen LogP contribution >= 0.6 is 0 Å². The van der Waals surface area contributed by atoms with E-state index in [-0.39, 0.29) is 0 Å². The maximum atomic E-state index is 10.8. The van der Waals surface area contributed by atoms with E-state index in [9.17, 15) is 4.79 Å². The number of nitrogens with one attached hydrogen (secondary N) is 1. The second-order valence-corrected chi connectivity index (χ2v) is 4.39. The quantitative estimate of drug-likeness (QED) is 0.829. The second kappa shape index (κ2) is 5.29. The predicted molar refractivity (Wildman–Crippen MR) is 66.3 cm³/mol. The van der Waals surface area contributed by atoms with Gasteiger partial charge in [0.25, 0.3) is 0 Å².